The Hall–Kier alpha value is -0.220. The van der Waals surface area contributed by atoms with Gasteiger partial charge in [0, 0.05) is 32.0 Å². The number of hydrogen-bond donors (Lipinski definition) is 1. The summed E-state index contributed by atoms with van der Waals surface area (Å²) < 4.78 is 26.1. The molecule has 1 saturated heterocycles. The zero-order chi connectivity index (χ0) is 12.5. The molecular weight excluding hydrogens is 224 g/mol. The lowest BCUT2D eigenvalue weighted by molar-refractivity contribution is -0.0525. The Morgan fingerprint density at radius 2 is 1.88 bits per heavy atom. The molecule has 0 aromatic rings. The van der Waals surface area contributed by atoms with E-state index in [4.69, 9.17) is 0 Å². The van der Waals surface area contributed by atoms with Crippen LogP contribution in [0.4, 0.5) is 8.78 Å². The minimum atomic E-state index is -2.42. The zero-order valence-electron chi connectivity index (χ0n) is 10.5. The molecule has 1 N–H and O–H groups in total. The highest BCUT2D eigenvalue weighted by atomic mass is 19.3. The smallest absolute Gasteiger partial charge is 0.248 e. The van der Waals surface area contributed by atoms with Gasteiger partial charge in [-0.05, 0) is 38.5 Å². The Balaban J connectivity index is 1.78. The van der Waals surface area contributed by atoms with Crippen molar-refractivity contribution in [1.82, 2.24) is 4.90 Å². The number of nitrogens with zero attached hydrogens (tertiary/aromatic N) is 1. The summed E-state index contributed by atoms with van der Waals surface area (Å²) in [5.74, 6) is -1.99. The molecule has 1 saturated carbocycles. The van der Waals surface area contributed by atoms with Crippen LogP contribution < -0.4 is 0 Å². The first-order valence-electron chi connectivity index (χ1n) is 6.76. The van der Waals surface area contributed by atoms with Gasteiger partial charge in [0.15, 0.2) is 0 Å². The lowest BCUT2D eigenvalue weighted by Crippen LogP contribution is -2.45. The van der Waals surface area contributed by atoms with E-state index in [9.17, 15) is 13.9 Å². The van der Waals surface area contributed by atoms with Crippen molar-refractivity contribution in [2.45, 2.75) is 63.5 Å². The average Bonchev–Trinajstić information content (AvgIpc) is 2.25. The van der Waals surface area contributed by atoms with E-state index < -0.39 is 5.92 Å². The minimum Gasteiger partial charge on any atom is -0.393 e. The monoisotopic (exact) mass is 247 g/mol. The maximum atomic E-state index is 13.0. The Bertz CT molecular complexity index is 250. The quantitative estimate of drug-likeness (QED) is 0.811. The van der Waals surface area contributed by atoms with Crippen LogP contribution in [-0.4, -0.2) is 41.2 Å². The maximum absolute atomic E-state index is 13.0. The number of halogens is 2. The van der Waals surface area contributed by atoms with Gasteiger partial charge in [-0.15, -0.1) is 0 Å². The van der Waals surface area contributed by atoms with Crippen LogP contribution in [0.5, 0.6) is 0 Å². The first-order valence-corrected chi connectivity index (χ1v) is 6.76. The van der Waals surface area contributed by atoms with Crippen LogP contribution >= 0.6 is 0 Å². The maximum Gasteiger partial charge on any atom is 0.248 e. The number of aliphatic hydroxyl groups is 1. The Morgan fingerprint density at radius 1 is 1.24 bits per heavy atom. The fourth-order valence-corrected chi connectivity index (χ4v) is 3.08. The molecule has 2 aliphatic rings. The predicted molar refractivity (Wildman–Crippen MR) is 63.2 cm³/mol. The molecule has 0 amide bonds. The van der Waals surface area contributed by atoms with Crippen molar-refractivity contribution in [2.75, 3.05) is 13.1 Å². The molecule has 2 unspecified atom stereocenters. The summed E-state index contributed by atoms with van der Waals surface area (Å²) in [6, 6.07) is 0.390. The Kier molecular flexibility index (Phi) is 4.03. The molecule has 4 heteroatoms. The van der Waals surface area contributed by atoms with Crippen LogP contribution in [0, 0.1) is 5.92 Å². The predicted octanol–water partition coefficient (Wildman–Crippen LogP) is 2.66. The van der Waals surface area contributed by atoms with Crippen LogP contribution in [0.15, 0.2) is 0 Å². The van der Waals surface area contributed by atoms with E-state index in [0.29, 0.717) is 24.8 Å². The van der Waals surface area contributed by atoms with Gasteiger partial charge in [-0.3, -0.25) is 0 Å². The van der Waals surface area contributed by atoms with Gasteiger partial charge >= 0.3 is 0 Å². The number of likely N-dealkylation sites (tertiary alicyclic amines) is 1. The third-order valence-electron chi connectivity index (χ3n) is 4.32. The van der Waals surface area contributed by atoms with Gasteiger partial charge in [-0.25, -0.2) is 8.78 Å². The van der Waals surface area contributed by atoms with Crippen LogP contribution in [0.2, 0.25) is 0 Å². The molecule has 0 bridgehead atoms. The van der Waals surface area contributed by atoms with Crippen LogP contribution in [0.3, 0.4) is 0 Å². The standard InChI is InChI=1S/C13H23F2NO/c1-10-8-12(17)4-7-16(10)9-11-2-5-13(14,15)6-3-11/h10-12,17H,2-9H2,1H3. The van der Waals surface area contributed by atoms with Crippen LogP contribution in [0.1, 0.15) is 45.4 Å². The van der Waals surface area contributed by atoms with E-state index in [2.05, 4.69) is 11.8 Å². The summed E-state index contributed by atoms with van der Waals surface area (Å²) in [5, 5.41) is 9.55. The third kappa shape index (κ3) is 3.62. The van der Waals surface area contributed by atoms with Crippen molar-refractivity contribution in [3.8, 4) is 0 Å². The molecule has 2 rings (SSSR count). The lowest BCUT2D eigenvalue weighted by atomic mass is 9.85. The van der Waals surface area contributed by atoms with E-state index in [1.54, 1.807) is 0 Å². The van der Waals surface area contributed by atoms with Gasteiger partial charge in [0.2, 0.25) is 5.92 Å². The SMILES string of the molecule is CC1CC(O)CCN1CC1CCC(F)(F)CC1. The largest absolute Gasteiger partial charge is 0.393 e. The van der Waals surface area contributed by atoms with Gasteiger partial charge < -0.3 is 10.0 Å². The van der Waals surface area contributed by atoms with Gasteiger partial charge in [-0.2, -0.15) is 0 Å². The molecule has 0 spiro atoms. The van der Waals surface area contributed by atoms with Crippen molar-refractivity contribution in [3.05, 3.63) is 0 Å². The molecule has 1 aliphatic heterocycles. The topological polar surface area (TPSA) is 23.5 Å². The van der Waals surface area contributed by atoms with E-state index in [1.165, 1.54) is 0 Å². The molecule has 2 atom stereocenters. The summed E-state index contributed by atoms with van der Waals surface area (Å²) in [6.45, 7) is 3.97. The molecule has 0 radical (unpaired) electrons. The summed E-state index contributed by atoms with van der Waals surface area (Å²) >= 11 is 0. The Labute approximate surface area is 102 Å². The fraction of sp³-hybridized carbons (Fsp3) is 1.00. The molecule has 1 heterocycles. The minimum absolute atomic E-state index is 0.0580. The van der Waals surface area contributed by atoms with E-state index in [0.717, 1.165) is 25.9 Å². The van der Waals surface area contributed by atoms with E-state index >= 15 is 0 Å². The van der Waals surface area contributed by atoms with Crippen LogP contribution in [0.25, 0.3) is 0 Å². The molecule has 0 aromatic heterocycles. The Morgan fingerprint density at radius 3 is 2.47 bits per heavy atom. The lowest BCUT2D eigenvalue weighted by Gasteiger charge is -2.39. The van der Waals surface area contributed by atoms with Crippen molar-refractivity contribution < 1.29 is 13.9 Å². The summed E-state index contributed by atoms with van der Waals surface area (Å²) in [6.07, 6.45) is 2.90. The molecule has 0 aromatic carbocycles. The summed E-state index contributed by atoms with van der Waals surface area (Å²) in [5.41, 5.74) is 0. The van der Waals surface area contributed by atoms with Gasteiger partial charge in [0.25, 0.3) is 0 Å². The first kappa shape index (κ1) is 13.2. The number of alkyl halides is 2. The zero-order valence-corrected chi connectivity index (χ0v) is 10.5. The van der Waals surface area contributed by atoms with Gasteiger partial charge in [0.1, 0.15) is 0 Å². The number of piperidine rings is 1. The second-order valence-corrected chi connectivity index (χ2v) is 5.82. The van der Waals surface area contributed by atoms with Gasteiger partial charge in [-0.1, -0.05) is 0 Å². The molecule has 100 valence electrons. The summed E-state index contributed by atoms with van der Waals surface area (Å²) in [7, 11) is 0. The third-order valence-corrected chi connectivity index (χ3v) is 4.32. The number of rotatable bonds is 2. The molecule has 2 nitrogen and oxygen atoms in total. The second-order valence-electron chi connectivity index (χ2n) is 5.82. The molecular formula is C13H23F2NO. The molecule has 2 fully saturated rings. The number of hydrogen-bond acceptors (Lipinski definition) is 2. The van der Waals surface area contributed by atoms with Gasteiger partial charge in [0.05, 0.1) is 6.10 Å². The van der Waals surface area contributed by atoms with E-state index in [1.807, 2.05) is 0 Å². The van der Waals surface area contributed by atoms with Crippen molar-refractivity contribution >= 4 is 0 Å². The highest BCUT2D eigenvalue weighted by Gasteiger charge is 2.36. The van der Waals surface area contributed by atoms with Crippen LogP contribution in [-0.2, 0) is 0 Å². The average molecular weight is 247 g/mol. The normalized spacial score (nSPS) is 36.0. The van der Waals surface area contributed by atoms with Crippen molar-refractivity contribution in [3.63, 3.8) is 0 Å². The highest BCUT2D eigenvalue weighted by molar-refractivity contribution is 4.83. The number of aliphatic hydroxyl groups excluding tert-OH is 1. The second kappa shape index (κ2) is 5.19. The molecule has 1 aliphatic carbocycles. The first-order chi connectivity index (χ1) is 7.96. The van der Waals surface area contributed by atoms with E-state index in [-0.39, 0.29) is 18.9 Å². The fourth-order valence-electron chi connectivity index (χ4n) is 3.08. The van der Waals surface area contributed by atoms with Crippen molar-refractivity contribution in [1.29, 1.82) is 0 Å². The summed E-state index contributed by atoms with van der Waals surface area (Å²) in [4.78, 5) is 2.36. The van der Waals surface area contributed by atoms with Crippen molar-refractivity contribution in [2.24, 2.45) is 5.92 Å². The highest BCUT2D eigenvalue weighted by Crippen LogP contribution is 2.36. The molecule has 17 heavy (non-hydrogen) atoms.